The Labute approximate surface area is 120 Å². The number of aliphatic carboxylic acids is 1. The van der Waals surface area contributed by atoms with Crippen LogP contribution >= 0.6 is 0 Å². The molecular formula is C14H16F3NO3. The second-order valence-corrected chi connectivity index (χ2v) is 4.86. The molecule has 0 aliphatic carbocycles. The second kappa shape index (κ2) is 6.60. The lowest BCUT2D eigenvalue weighted by Gasteiger charge is -2.15. The smallest absolute Gasteiger partial charge is 0.416 e. The Morgan fingerprint density at radius 1 is 1.29 bits per heavy atom. The molecule has 0 heterocycles. The van der Waals surface area contributed by atoms with Crippen molar-refractivity contribution in [2.75, 3.05) is 0 Å². The first-order valence-corrected chi connectivity index (χ1v) is 6.30. The largest absolute Gasteiger partial charge is 0.480 e. The van der Waals surface area contributed by atoms with Gasteiger partial charge in [-0.1, -0.05) is 25.1 Å². The van der Waals surface area contributed by atoms with Crippen LogP contribution in [0.25, 0.3) is 0 Å². The molecule has 0 unspecified atom stereocenters. The van der Waals surface area contributed by atoms with E-state index in [2.05, 4.69) is 5.32 Å². The van der Waals surface area contributed by atoms with Crippen LogP contribution in [0, 0.1) is 0 Å². The zero-order valence-electron chi connectivity index (χ0n) is 11.6. The maximum atomic E-state index is 12.6. The van der Waals surface area contributed by atoms with E-state index in [4.69, 9.17) is 5.11 Å². The number of carbonyl (C=O) groups is 2. The molecule has 0 saturated carbocycles. The van der Waals surface area contributed by atoms with Crippen molar-refractivity contribution in [2.45, 2.75) is 38.4 Å². The fraction of sp³-hybridized carbons (Fsp3) is 0.429. The van der Waals surface area contributed by atoms with E-state index in [1.807, 2.05) is 0 Å². The summed E-state index contributed by atoms with van der Waals surface area (Å²) in [4.78, 5) is 22.2. The van der Waals surface area contributed by atoms with Gasteiger partial charge in [-0.05, 0) is 24.5 Å². The normalized spacial score (nSPS) is 14.3. The summed E-state index contributed by atoms with van der Waals surface area (Å²) in [5.41, 5.74) is -0.394. The van der Waals surface area contributed by atoms with Gasteiger partial charge in [0, 0.05) is 6.42 Å². The van der Waals surface area contributed by atoms with Crippen LogP contribution in [0.2, 0.25) is 0 Å². The van der Waals surface area contributed by atoms with Crippen molar-refractivity contribution in [1.29, 1.82) is 0 Å². The van der Waals surface area contributed by atoms with Gasteiger partial charge in [0.05, 0.1) is 5.56 Å². The number of carbonyl (C=O) groups excluding carboxylic acids is 1. The Morgan fingerprint density at radius 3 is 2.43 bits per heavy atom. The molecule has 116 valence electrons. The number of amides is 1. The zero-order valence-corrected chi connectivity index (χ0v) is 11.6. The van der Waals surface area contributed by atoms with Gasteiger partial charge in [-0.15, -0.1) is 0 Å². The number of nitrogens with one attached hydrogen (secondary N) is 1. The van der Waals surface area contributed by atoms with Gasteiger partial charge in [0.2, 0.25) is 5.91 Å². The number of rotatable bonds is 5. The first-order chi connectivity index (χ1) is 9.61. The minimum absolute atomic E-state index is 0.0844. The van der Waals surface area contributed by atoms with E-state index in [1.54, 1.807) is 6.92 Å². The van der Waals surface area contributed by atoms with Gasteiger partial charge >= 0.3 is 12.1 Å². The lowest BCUT2D eigenvalue weighted by Crippen LogP contribution is -2.38. The van der Waals surface area contributed by atoms with Gasteiger partial charge in [-0.25, -0.2) is 0 Å². The molecule has 2 atom stereocenters. The third kappa shape index (κ3) is 5.09. The van der Waals surface area contributed by atoms with Crippen molar-refractivity contribution >= 4 is 11.9 Å². The lowest BCUT2D eigenvalue weighted by atomic mass is 9.95. The average molecular weight is 303 g/mol. The Bertz CT molecular complexity index is 528. The number of halogens is 3. The highest BCUT2D eigenvalue weighted by Gasteiger charge is 2.30. The minimum Gasteiger partial charge on any atom is -0.480 e. The van der Waals surface area contributed by atoms with Gasteiger partial charge in [0.15, 0.2) is 0 Å². The monoisotopic (exact) mass is 303 g/mol. The second-order valence-electron chi connectivity index (χ2n) is 4.86. The Morgan fingerprint density at radius 2 is 1.90 bits per heavy atom. The first-order valence-electron chi connectivity index (χ1n) is 6.30. The predicted octanol–water partition coefficient (Wildman–Crippen LogP) is 2.79. The number of hydrogen-bond acceptors (Lipinski definition) is 2. The molecule has 0 spiro atoms. The topological polar surface area (TPSA) is 66.4 Å². The number of alkyl halides is 3. The summed E-state index contributed by atoms with van der Waals surface area (Å²) < 4.78 is 37.8. The van der Waals surface area contributed by atoms with E-state index in [0.29, 0.717) is 5.56 Å². The van der Waals surface area contributed by atoms with Crippen molar-refractivity contribution < 1.29 is 27.9 Å². The van der Waals surface area contributed by atoms with Gasteiger partial charge in [0.1, 0.15) is 6.04 Å². The maximum Gasteiger partial charge on any atom is 0.416 e. The number of benzene rings is 1. The predicted molar refractivity (Wildman–Crippen MR) is 69.7 cm³/mol. The molecule has 1 aromatic rings. The van der Waals surface area contributed by atoms with E-state index < -0.39 is 35.6 Å². The molecule has 2 N–H and O–H groups in total. The van der Waals surface area contributed by atoms with Gasteiger partial charge in [-0.3, -0.25) is 9.59 Å². The van der Waals surface area contributed by atoms with Crippen LogP contribution in [0.3, 0.4) is 0 Å². The quantitative estimate of drug-likeness (QED) is 0.879. The molecule has 0 fully saturated rings. The van der Waals surface area contributed by atoms with E-state index in [9.17, 15) is 22.8 Å². The van der Waals surface area contributed by atoms with Crippen LogP contribution in [0.4, 0.5) is 13.2 Å². The van der Waals surface area contributed by atoms with Crippen molar-refractivity contribution in [3.63, 3.8) is 0 Å². The minimum atomic E-state index is -4.43. The summed E-state index contributed by atoms with van der Waals surface area (Å²) >= 11 is 0. The number of carboxylic acid groups (broad SMARTS) is 1. The third-order valence-electron chi connectivity index (χ3n) is 3.02. The Kier molecular flexibility index (Phi) is 5.34. The lowest BCUT2D eigenvalue weighted by molar-refractivity contribution is -0.141. The summed E-state index contributed by atoms with van der Waals surface area (Å²) in [5.74, 6) is -2.14. The van der Waals surface area contributed by atoms with E-state index in [-0.39, 0.29) is 6.42 Å². The molecule has 0 aliphatic heterocycles. The van der Waals surface area contributed by atoms with E-state index in [0.717, 1.165) is 12.1 Å². The molecule has 0 radical (unpaired) electrons. The molecule has 0 aliphatic rings. The zero-order chi connectivity index (χ0) is 16.2. The summed E-state index contributed by atoms with van der Waals surface area (Å²) in [6.07, 6.45) is -4.52. The van der Waals surface area contributed by atoms with E-state index in [1.165, 1.54) is 19.1 Å². The highest BCUT2D eigenvalue weighted by Crippen LogP contribution is 2.31. The van der Waals surface area contributed by atoms with Crippen LogP contribution in [0.5, 0.6) is 0 Å². The molecule has 0 saturated heterocycles. The fourth-order valence-electron chi connectivity index (χ4n) is 1.78. The highest BCUT2D eigenvalue weighted by atomic mass is 19.4. The number of hydrogen-bond donors (Lipinski definition) is 2. The summed E-state index contributed by atoms with van der Waals surface area (Å²) in [6, 6.07) is 3.72. The van der Waals surface area contributed by atoms with Crippen molar-refractivity contribution in [3.05, 3.63) is 35.4 Å². The van der Waals surface area contributed by atoms with Gasteiger partial charge < -0.3 is 10.4 Å². The van der Waals surface area contributed by atoms with Crippen LogP contribution in [-0.2, 0) is 15.8 Å². The molecule has 0 bridgehead atoms. The van der Waals surface area contributed by atoms with Crippen LogP contribution in [-0.4, -0.2) is 23.0 Å². The molecular weight excluding hydrogens is 287 g/mol. The SMILES string of the molecule is C[C@@H](NC(=O)C[C@H](C)c1cccc(C(F)(F)F)c1)C(=O)O. The van der Waals surface area contributed by atoms with Gasteiger partial charge in [0.25, 0.3) is 0 Å². The molecule has 1 amide bonds. The number of carboxylic acids is 1. The average Bonchev–Trinajstić information content (AvgIpc) is 2.37. The van der Waals surface area contributed by atoms with Crippen LogP contribution in [0.15, 0.2) is 24.3 Å². The fourth-order valence-corrected chi connectivity index (χ4v) is 1.78. The first kappa shape index (κ1) is 17.0. The third-order valence-corrected chi connectivity index (χ3v) is 3.02. The Balaban J connectivity index is 2.74. The summed E-state index contributed by atoms with van der Waals surface area (Å²) in [7, 11) is 0. The molecule has 4 nitrogen and oxygen atoms in total. The standard InChI is InChI=1S/C14H16F3NO3/c1-8(6-12(19)18-9(2)13(20)21)10-4-3-5-11(7-10)14(15,16)17/h3-5,7-9H,6H2,1-2H3,(H,18,19)(H,20,21)/t8-,9+/m0/s1. The van der Waals surface area contributed by atoms with Crippen molar-refractivity contribution in [1.82, 2.24) is 5.32 Å². The van der Waals surface area contributed by atoms with Crippen LogP contribution in [0.1, 0.15) is 37.3 Å². The highest BCUT2D eigenvalue weighted by molar-refractivity contribution is 5.83. The van der Waals surface area contributed by atoms with Crippen molar-refractivity contribution in [2.24, 2.45) is 0 Å². The van der Waals surface area contributed by atoms with Crippen molar-refractivity contribution in [3.8, 4) is 0 Å². The molecule has 1 aromatic carbocycles. The summed E-state index contributed by atoms with van der Waals surface area (Å²) in [5, 5.41) is 10.9. The van der Waals surface area contributed by atoms with E-state index >= 15 is 0 Å². The Hall–Kier alpha value is -2.05. The summed E-state index contributed by atoms with van der Waals surface area (Å²) in [6.45, 7) is 2.93. The molecule has 0 aromatic heterocycles. The molecule has 21 heavy (non-hydrogen) atoms. The molecule has 7 heteroatoms. The maximum absolute atomic E-state index is 12.6. The molecule has 1 rings (SSSR count). The van der Waals surface area contributed by atoms with Gasteiger partial charge in [-0.2, -0.15) is 13.2 Å². The van der Waals surface area contributed by atoms with Crippen LogP contribution < -0.4 is 5.32 Å².